The van der Waals surface area contributed by atoms with E-state index in [1.807, 2.05) is 0 Å². The van der Waals surface area contributed by atoms with Crippen molar-refractivity contribution in [3.8, 4) is 17.2 Å². The van der Waals surface area contributed by atoms with Gasteiger partial charge in [0.2, 0.25) is 16.8 Å². The van der Waals surface area contributed by atoms with Crippen molar-refractivity contribution in [2.24, 2.45) is 0 Å². The van der Waals surface area contributed by atoms with E-state index < -0.39 is 15.9 Å². The van der Waals surface area contributed by atoms with Gasteiger partial charge in [-0.2, -0.15) is 0 Å². The summed E-state index contributed by atoms with van der Waals surface area (Å²) in [6, 6.07) is 15.8. The molecule has 33 heavy (non-hydrogen) atoms. The molecule has 0 radical (unpaired) electrons. The van der Waals surface area contributed by atoms with Gasteiger partial charge < -0.3 is 19.5 Å². The van der Waals surface area contributed by atoms with Gasteiger partial charge in [0.1, 0.15) is 5.75 Å². The third-order valence-corrected chi connectivity index (χ3v) is 6.47. The first-order chi connectivity index (χ1) is 15.9. The molecule has 0 saturated carbocycles. The van der Waals surface area contributed by atoms with Crippen molar-refractivity contribution in [2.75, 3.05) is 18.7 Å². The Kier molecular flexibility index (Phi) is 6.73. The van der Waals surface area contributed by atoms with Gasteiger partial charge in [0, 0.05) is 17.1 Å². The molecule has 8 nitrogen and oxygen atoms in total. The van der Waals surface area contributed by atoms with E-state index in [4.69, 9.17) is 25.8 Å². The van der Waals surface area contributed by atoms with Crippen LogP contribution in [0.5, 0.6) is 17.2 Å². The first-order valence-corrected chi connectivity index (χ1v) is 11.9. The van der Waals surface area contributed by atoms with E-state index in [2.05, 4.69) is 10.0 Å². The summed E-state index contributed by atoms with van der Waals surface area (Å²) in [5.41, 5.74) is 1.32. The first kappa shape index (κ1) is 22.9. The van der Waals surface area contributed by atoms with E-state index in [9.17, 15) is 13.2 Å². The SMILES string of the molecule is CCOc1ccc(S(=O)(=O)NCc2ccc3c(c2)OCO3)cc1NC(=O)c1ccc(Cl)cc1. The number of anilines is 1. The summed E-state index contributed by atoms with van der Waals surface area (Å²) in [5.74, 6) is 1.12. The maximum Gasteiger partial charge on any atom is 0.255 e. The lowest BCUT2D eigenvalue weighted by Crippen LogP contribution is -2.23. The van der Waals surface area contributed by atoms with Gasteiger partial charge in [-0.3, -0.25) is 4.79 Å². The Morgan fingerprint density at radius 1 is 1.03 bits per heavy atom. The highest BCUT2D eigenvalue weighted by Gasteiger charge is 2.19. The molecule has 1 heterocycles. The van der Waals surface area contributed by atoms with Crippen molar-refractivity contribution >= 4 is 33.2 Å². The Balaban J connectivity index is 1.53. The van der Waals surface area contributed by atoms with Gasteiger partial charge in [-0.15, -0.1) is 0 Å². The van der Waals surface area contributed by atoms with Crippen LogP contribution < -0.4 is 24.2 Å². The van der Waals surface area contributed by atoms with Crippen molar-refractivity contribution in [1.29, 1.82) is 0 Å². The second-order valence-electron chi connectivity index (χ2n) is 7.06. The van der Waals surface area contributed by atoms with E-state index in [0.29, 0.717) is 40.0 Å². The summed E-state index contributed by atoms with van der Waals surface area (Å²) in [4.78, 5) is 12.6. The van der Waals surface area contributed by atoms with Crippen LogP contribution in [0.2, 0.25) is 5.02 Å². The molecule has 1 amide bonds. The summed E-state index contributed by atoms with van der Waals surface area (Å²) < 4.78 is 44.5. The van der Waals surface area contributed by atoms with Crippen molar-refractivity contribution < 1.29 is 27.4 Å². The van der Waals surface area contributed by atoms with Crippen LogP contribution in [0.25, 0.3) is 0 Å². The number of halogens is 1. The standard InChI is InChI=1S/C23H21ClN2O6S/c1-2-30-20-10-8-18(12-19(20)26-23(27)16-4-6-17(24)7-5-16)33(28,29)25-13-15-3-9-21-22(11-15)32-14-31-21/h3-12,25H,2,13-14H2,1H3,(H,26,27). The number of carbonyl (C=O) groups excluding carboxylic acids is 1. The molecule has 0 atom stereocenters. The fourth-order valence-corrected chi connectivity index (χ4v) is 4.33. The number of fused-ring (bicyclic) bond motifs is 1. The summed E-state index contributed by atoms with van der Waals surface area (Å²) in [5, 5.41) is 3.22. The van der Waals surface area contributed by atoms with Crippen LogP contribution in [0.15, 0.2) is 65.6 Å². The molecule has 2 N–H and O–H groups in total. The van der Waals surface area contributed by atoms with Gasteiger partial charge in [-0.05, 0) is 67.1 Å². The Bertz CT molecular complexity index is 1280. The monoisotopic (exact) mass is 488 g/mol. The summed E-state index contributed by atoms with van der Waals surface area (Å²) >= 11 is 5.88. The first-order valence-electron chi connectivity index (χ1n) is 10.1. The number of benzene rings is 3. The largest absolute Gasteiger partial charge is 0.492 e. The van der Waals surface area contributed by atoms with Gasteiger partial charge in [-0.25, -0.2) is 13.1 Å². The van der Waals surface area contributed by atoms with Gasteiger partial charge in [-0.1, -0.05) is 17.7 Å². The van der Waals surface area contributed by atoms with Crippen LogP contribution in [-0.4, -0.2) is 27.7 Å². The van der Waals surface area contributed by atoms with Crippen molar-refractivity contribution in [1.82, 2.24) is 4.72 Å². The predicted octanol–water partition coefficient (Wildman–Crippen LogP) is 4.20. The van der Waals surface area contributed by atoms with E-state index in [0.717, 1.165) is 0 Å². The topological polar surface area (TPSA) is 103 Å². The number of hydrogen-bond donors (Lipinski definition) is 2. The highest BCUT2D eigenvalue weighted by atomic mass is 35.5. The lowest BCUT2D eigenvalue weighted by atomic mass is 10.2. The average molecular weight is 489 g/mol. The molecule has 0 bridgehead atoms. The molecule has 3 aromatic rings. The third kappa shape index (κ3) is 5.39. The number of ether oxygens (including phenoxy) is 3. The van der Waals surface area contributed by atoms with Crippen LogP contribution in [0, 0.1) is 0 Å². The zero-order chi connectivity index (χ0) is 23.4. The smallest absolute Gasteiger partial charge is 0.255 e. The van der Waals surface area contributed by atoms with Gasteiger partial charge in [0.05, 0.1) is 17.2 Å². The molecule has 0 aliphatic carbocycles. The van der Waals surface area contributed by atoms with Crippen molar-refractivity contribution in [2.45, 2.75) is 18.4 Å². The molecule has 4 rings (SSSR count). The van der Waals surface area contributed by atoms with E-state index in [-0.39, 0.29) is 23.9 Å². The molecular formula is C23H21ClN2O6S. The third-order valence-electron chi connectivity index (χ3n) is 4.82. The van der Waals surface area contributed by atoms with E-state index in [1.54, 1.807) is 49.4 Å². The number of rotatable bonds is 8. The lowest BCUT2D eigenvalue weighted by molar-refractivity contribution is 0.102. The summed E-state index contributed by atoms with van der Waals surface area (Å²) in [6.07, 6.45) is 0. The van der Waals surface area contributed by atoms with Crippen molar-refractivity contribution in [3.05, 3.63) is 76.8 Å². The highest BCUT2D eigenvalue weighted by molar-refractivity contribution is 7.89. The average Bonchev–Trinajstić information content (AvgIpc) is 3.27. The Labute approximate surface area is 196 Å². The quantitative estimate of drug-likeness (QED) is 0.492. The van der Waals surface area contributed by atoms with Gasteiger partial charge >= 0.3 is 0 Å². The normalized spacial score (nSPS) is 12.4. The van der Waals surface area contributed by atoms with Crippen LogP contribution >= 0.6 is 11.6 Å². The minimum atomic E-state index is -3.88. The van der Waals surface area contributed by atoms with E-state index >= 15 is 0 Å². The molecule has 0 unspecified atom stereocenters. The van der Waals surface area contributed by atoms with Crippen molar-refractivity contribution in [3.63, 3.8) is 0 Å². The van der Waals surface area contributed by atoms with Crippen LogP contribution in [0.1, 0.15) is 22.8 Å². The fraction of sp³-hybridized carbons (Fsp3) is 0.174. The lowest BCUT2D eigenvalue weighted by Gasteiger charge is -2.14. The van der Waals surface area contributed by atoms with Gasteiger partial charge in [0.15, 0.2) is 11.5 Å². The molecular weight excluding hydrogens is 468 g/mol. The molecule has 10 heteroatoms. The second kappa shape index (κ2) is 9.70. The predicted molar refractivity (Wildman–Crippen MR) is 124 cm³/mol. The van der Waals surface area contributed by atoms with Gasteiger partial charge in [0.25, 0.3) is 5.91 Å². The molecule has 1 aliphatic heterocycles. The summed E-state index contributed by atoms with van der Waals surface area (Å²) in [6.45, 7) is 2.33. The van der Waals surface area contributed by atoms with Crippen LogP contribution in [0.3, 0.4) is 0 Å². The number of carbonyl (C=O) groups is 1. The summed E-state index contributed by atoms with van der Waals surface area (Å²) in [7, 11) is -3.88. The zero-order valence-corrected chi connectivity index (χ0v) is 19.2. The zero-order valence-electron chi connectivity index (χ0n) is 17.6. The molecule has 1 aliphatic rings. The maximum absolute atomic E-state index is 12.9. The number of sulfonamides is 1. The molecule has 0 aromatic heterocycles. The Morgan fingerprint density at radius 2 is 1.79 bits per heavy atom. The molecule has 0 spiro atoms. The number of hydrogen-bond acceptors (Lipinski definition) is 6. The molecule has 3 aromatic carbocycles. The van der Waals surface area contributed by atoms with Crippen LogP contribution in [-0.2, 0) is 16.6 Å². The Hall–Kier alpha value is -3.27. The molecule has 172 valence electrons. The Morgan fingerprint density at radius 3 is 2.55 bits per heavy atom. The highest BCUT2D eigenvalue weighted by Crippen LogP contribution is 2.33. The van der Waals surface area contributed by atoms with E-state index in [1.165, 1.54) is 18.2 Å². The minimum absolute atomic E-state index is 0.0156. The maximum atomic E-state index is 12.9. The molecule has 0 saturated heterocycles. The molecule has 0 fully saturated rings. The fourth-order valence-electron chi connectivity index (χ4n) is 3.16. The minimum Gasteiger partial charge on any atom is -0.492 e. The van der Waals surface area contributed by atoms with Crippen LogP contribution in [0.4, 0.5) is 5.69 Å². The number of nitrogens with one attached hydrogen (secondary N) is 2. The second-order valence-corrected chi connectivity index (χ2v) is 9.27. The number of amides is 1.